The van der Waals surface area contributed by atoms with Gasteiger partial charge in [0.05, 0.1) is 24.3 Å². The van der Waals surface area contributed by atoms with Gasteiger partial charge in [-0.15, -0.1) is 0 Å². The van der Waals surface area contributed by atoms with Crippen LogP contribution in [-0.4, -0.2) is 66.0 Å². The van der Waals surface area contributed by atoms with Crippen LogP contribution in [0.15, 0.2) is 24.3 Å². The molecule has 36 heavy (non-hydrogen) atoms. The second kappa shape index (κ2) is 11.3. The molecule has 2 N–H and O–H groups in total. The van der Waals surface area contributed by atoms with Crippen molar-refractivity contribution in [2.75, 3.05) is 32.6 Å². The summed E-state index contributed by atoms with van der Waals surface area (Å²) in [5, 5.41) is 10.4. The van der Waals surface area contributed by atoms with Crippen LogP contribution in [0.2, 0.25) is 0 Å². The van der Waals surface area contributed by atoms with Crippen LogP contribution in [-0.2, 0) is 20.6 Å². The zero-order valence-electron chi connectivity index (χ0n) is 21.9. The molecule has 0 saturated heterocycles. The third-order valence-corrected chi connectivity index (χ3v) is 6.03. The summed E-state index contributed by atoms with van der Waals surface area (Å²) in [5.41, 5.74) is 1.68. The maximum atomic E-state index is 13.5. The number of nitrogens with zero attached hydrogens (tertiary/aromatic N) is 3. The van der Waals surface area contributed by atoms with Crippen molar-refractivity contribution in [3.63, 3.8) is 0 Å². The predicted octanol–water partition coefficient (Wildman–Crippen LogP) is 4.23. The molecule has 0 bridgehead atoms. The van der Waals surface area contributed by atoms with E-state index in [1.54, 1.807) is 21.7 Å². The normalized spacial score (nSPS) is 16.5. The molecule has 1 unspecified atom stereocenters. The van der Waals surface area contributed by atoms with Gasteiger partial charge < -0.3 is 24.4 Å². The number of nitrogens with one attached hydrogen (secondary N) is 2. The number of amides is 3. The van der Waals surface area contributed by atoms with Gasteiger partial charge in [0, 0.05) is 32.7 Å². The molecule has 3 amide bonds. The number of benzene rings is 1. The van der Waals surface area contributed by atoms with Gasteiger partial charge in [-0.25, -0.2) is 18.7 Å². The van der Waals surface area contributed by atoms with Crippen LogP contribution in [0, 0.1) is 5.82 Å². The molecular weight excluding hydrogens is 469 g/mol. The number of urea groups is 1. The molecule has 10 nitrogen and oxygen atoms in total. The van der Waals surface area contributed by atoms with E-state index in [0.717, 1.165) is 16.8 Å². The molecule has 2 heterocycles. The molecule has 0 aliphatic carbocycles. The van der Waals surface area contributed by atoms with E-state index in [-0.39, 0.29) is 18.4 Å². The molecule has 0 radical (unpaired) electrons. The van der Waals surface area contributed by atoms with Crippen molar-refractivity contribution >= 4 is 17.9 Å². The van der Waals surface area contributed by atoms with Gasteiger partial charge in [-0.3, -0.25) is 5.32 Å². The van der Waals surface area contributed by atoms with Crippen LogP contribution in [0.5, 0.6) is 0 Å². The Balaban J connectivity index is 1.96. The lowest BCUT2D eigenvalue weighted by Gasteiger charge is -2.35. The maximum absolute atomic E-state index is 13.5. The summed E-state index contributed by atoms with van der Waals surface area (Å²) in [6.45, 7) is 9.80. The van der Waals surface area contributed by atoms with E-state index < -0.39 is 30.1 Å². The van der Waals surface area contributed by atoms with E-state index in [1.165, 1.54) is 26.4 Å². The maximum Gasteiger partial charge on any atom is 0.410 e. The minimum absolute atomic E-state index is 0.127. The molecule has 2 atom stereocenters. The van der Waals surface area contributed by atoms with Gasteiger partial charge >= 0.3 is 12.1 Å². The third kappa shape index (κ3) is 6.33. The fraction of sp³-hybridized carbons (Fsp3) is 0.560. The molecule has 1 aromatic carbocycles. The summed E-state index contributed by atoms with van der Waals surface area (Å²) in [5.74, 6) is 0.113. The van der Waals surface area contributed by atoms with Crippen molar-refractivity contribution in [2.24, 2.45) is 0 Å². The number of hydrogen-bond donors (Lipinski definition) is 2. The molecule has 3 rings (SSSR count). The van der Waals surface area contributed by atoms with Crippen LogP contribution >= 0.6 is 0 Å². The average molecular weight is 506 g/mol. The molecule has 11 heteroatoms. The van der Waals surface area contributed by atoms with Gasteiger partial charge in [0.2, 0.25) is 0 Å². The van der Waals surface area contributed by atoms with Crippen LogP contribution in [0.4, 0.5) is 19.8 Å². The van der Waals surface area contributed by atoms with E-state index in [9.17, 15) is 14.0 Å². The Kier molecular flexibility index (Phi) is 8.57. The number of hydrogen-bond acceptors (Lipinski definition) is 6. The fourth-order valence-electron chi connectivity index (χ4n) is 4.14. The zero-order valence-corrected chi connectivity index (χ0v) is 21.9. The smallest absolute Gasteiger partial charge is 0.410 e. The summed E-state index contributed by atoms with van der Waals surface area (Å²) in [6.07, 6.45) is -0.541. The molecular formula is C25H36FN5O5. The van der Waals surface area contributed by atoms with Crippen molar-refractivity contribution in [2.45, 2.75) is 65.0 Å². The lowest BCUT2D eigenvalue weighted by molar-refractivity contribution is -0.0970. The van der Waals surface area contributed by atoms with Crippen LogP contribution < -0.4 is 10.6 Å². The van der Waals surface area contributed by atoms with Crippen molar-refractivity contribution in [1.29, 1.82) is 0 Å². The third-order valence-electron chi connectivity index (χ3n) is 6.03. The molecule has 0 saturated carbocycles. The number of carbonyl (C=O) groups is 2. The van der Waals surface area contributed by atoms with Gasteiger partial charge in [-0.1, -0.05) is 12.1 Å². The zero-order chi connectivity index (χ0) is 26.6. The van der Waals surface area contributed by atoms with Gasteiger partial charge in [0.1, 0.15) is 17.2 Å². The Bertz CT molecular complexity index is 1060. The van der Waals surface area contributed by atoms with Crippen LogP contribution in [0.3, 0.4) is 0 Å². The van der Waals surface area contributed by atoms with Gasteiger partial charge in [0.25, 0.3) is 0 Å². The van der Waals surface area contributed by atoms with Gasteiger partial charge in [-0.05, 0) is 52.3 Å². The largest absolute Gasteiger partial charge is 0.444 e. The first-order chi connectivity index (χ1) is 16.9. The first-order valence-electron chi connectivity index (χ1n) is 11.9. The molecule has 2 aromatic rings. The number of methoxy groups -OCH3 is 2. The first kappa shape index (κ1) is 27.4. The number of ether oxygens (including phenoxy) is 3. The SMILES string of the molecule is COC(CNC(=O)Nc1c2c(nn1C(C)c1ccc(F)cc1)CCN(C(=O)OC(C)(C)C)[C@H]2C)OC. The Morgan fingerprint density at radius 1 is 1.19 bits per heavy atom. The number of rotatable bonds is 7. The number of carbonyl (C=O) groups excluding carboxylic acids is 2. The topological polar surface area (TPSA) is 107 Å². The van der Waals surface area contributed by atoms with E-state index in [1.807, 2.05) is 34.6 Å². The molecule has 1 aliphatic heterocycles. The number of halogens is 1. The standard InChI is InChI=1S/C25H36FN5O5/c1-15(17-8-10-18(26)11-9-17)31-22(28-23(32)27-14-20(34-6)35-7)21-16(2)30(13-12-19(21)29-31)24(33)36-25(3,4)5/h8-11,15-16,20H,12-14H2,1-7H3,(H2,27,28,32)/t15?,16-/m0/s1. The summed E-state index contributed by atoms with van der Waals surface area (Å²) in [6, 6.07) is 4.93. The van der Waals surface area contributed by atoms with Crippen molar-refractivity contribution in [1.82, 2.24) is 20.0 Å². The predicted molar refractivity (Wildman–Crippen MR) is 132 cm³/mol. The summed E-state index contributed by atoms with van der Waals surface area (Å²) >= 11 is 0. The minimum Gasteiger partial charge on any atom is -0.444 e. The van der Waals surface area contributed by atoms with E-state index in [2.05, 4.69) is 10.6 Å². The summed E-state index contributed by atoms with van der Waals surface area (Å²) in [4.78, 5) is 27.4. The summed E-state index contributed by atoms with van der Waals surface area (Å²) < 4.78 is 31.1. The lowest BCUT2D eigenvalue weighted by Crippen LogP contribution is -2.42. The first-order valence-corrected chi connectivity index (χ1v) is 11.9. The monoisotopic (exact) mass is 505 g/mol. The Morgan fingerprint density at radius 2 is 1.83 bits per heavy atom. The molecule has 198 valence electrons. The lowest BCUT2D eigenvalue weighted by atomic mass is 9.99. The van der Waals surface area contributed by atoms with E-state index >= 15 is 0 Å². The van der Waals surface area contributed by atoms with E-state index in [0.29, 0.717) is 18.8 Å². The van der Waals surface area contributed by atoms with Crippen molar-refractivity contribution in [3.8, 4) is 0 Å². The molecule has 0 fully saturated rings. The highest BCUT2D eigenvalue weighted by Gasteiger charge is 2.37. The van der Waals surface area contributed by atoms with Crippen LogP contribution in [0.1, 0.15) is 63.5 Å². The van der Waals surface area contributed by atoms with Crippen LogP contribution in [0.25, 0.3) is 0 Å². The molecule has 0 spiro atoms. The van der Waals surface area contributed by atoms with Gasteiger partial charge in [0.15, 0.2) is 6.29 Å². The number of anilines is 1. The molecule has 1 aliphatic rings. The fourth-order valence-corrected chi connectivity index (χ4v) is 4.14. The van der Waals surface area contributed by atoms with Crippen molar-refractivity contribution < 1.29 is 28.2 Å². The average Bonchev–Trinajstić information content (AvgIpc) is 3.17. The second-order valence-corrected chi connectivity index (χ2v) is 9.72. The molecule has 1 aromatic heterocycles. The number of fused-ring (bicyclic) bond motifs is 1. The number of aromatic nitrogens is 2. The minimum atomic E-state index is -0.640. The van der Waals surface area contributed by atoms with E-state index in [4.69, 9.17) is 19.3 Å². The Hall–Kier alpha value is -3.18. The van der Waals surface area contributed by atoms with Gasteiger partial charge in [-0.2, -0.15) is 5.10 Å². The second-order valence-electron chi connectivity index (χ2n) is 9.72. The Labute approximate surface area is 211 Å². The summed E-state index contributed by atoms with van der Waals surface area (Å²) in [7, 11) is 2.97. The van der Waals surface area contributed by atoms with Crippen molar-refractivity contribution in [3.05, 3.63) is 46.9 Å². The quantitative estimate of drug-likeness (QED) is 0.546. The Morgan fingerprint density at radius 3 is 2.42 bits per heavy atom. The highest BCUT2D eigenvalue weighted by atomic mass is 19.1. The highest BCUT2D eigenvalue weighted by Crippen LogP contribution is 2.38. The highest BCUT2D eigenvalue weighted by molar-refractivity contribution is 5.89.